The number of hydrogen-bond donors (Lipinski definition) is 2. The molecule has 1 aromatic rings. The van der Waals surface area contributed by atoms with Gasteiger partial charge in [0.15, 0.2) is 11.6 Å². The quantitative estimate of drug-likeness (QED) is 0.787. The standard InChI is InChI=1S/C13H16FNO3/c1-2-18-13(17)12(15-9-4-5-9)8-3-6-11(16)10(14)7-8/h3,6-7,9,12,15-16H,2,4-5H2,1H3. The van der Waals surface area contributed by atoms with Gasteiger partial charge in [0.1, 0.15) is 6.04 Å². The van der Waals surface area contributed by atoms with E-state index in [4.69, 9.17) is 9.84 Å². The van der Waals surface area contributed by atoms with Gasteiger partial charge in [0.2, 0.25) is 0 Å². The Labute approximate surface area is 105 Å². The largest absolute Gasteiger partial charge is 0.505 e. The average Bonchev–Trinajstić information content (AvgIpc) is 3.14. The van der Waals surface area contributed by atoms with Gasteiger partial charge in [-0.3, -0.25) is 5.32 Å². The lowest BCUT2D eigenvalue weighted by Crippen LogP contribution is -2.31. The van der Waals surface area contributed by atoms with Crippen LogP contribution in [0.4, 0.5) is 4.39 Å². The van der Waals surface area contributed by atoms with E-state index in [0.29, 0.717) is 5.56 Å². The van der Waals surface area contributed by atoms with Gasteiger partial charge in [0.05, 0.1) is 6.61 Å². The summed E-state index contributed by atoms with van der Waals surface area (Å²) in [6, 6.07) is 3.54. The normalized spacial score (nSPS) is 16.3. The fourth-order valence-corrected chi connectivity index (χ4v) is 1.71. The summed E-state index contributed by atoms with van der Waals surface area (Å²) in [6.45, 7) is 2.01. The summed E-state index contributed by atoms with van der Waals surface area (Å²) < 4.78 is 18.3. The number of carbonyl (C=O) groups is 1. The van der Waals surface area contributed by atoms with Gasteiger partial charge in [-0.2, -0.15) is 0 Å². The van der Waals surface area contributed by atoms with Crippen LogP contribution in [0.5, 0.6) is 5.75 Å². The molecule has 98 valence electrons. The van der Waals surface area contributed by atoms with Gasteiger partial charge in [-0.1, -0.05) is 6.07 Å². The highest BCUT2D eigenvalue weighted by atomic mass is 19.1. The highest BCUT2D eigenvalue weighted by Gasteiger charge is 2.30. The van der Waals surface area contributed by atoms with Gasteiger partial charge in [0.25, 0.3) is 0 Å². The molecular weight excluding hydrogens is 237 g/mol. The molecule has 0 saturated heterocycles. The Morgan fingerprint density at radius 3 is 2.89 bits per heavy atom. The van der Waals surface area contributed by atoms with Gasteiger partial charge in [0, 0.05) is 6.04 Å². The van der Waals surface area contributed by atoms with Crippen LogP contribution >= 0.6 is 0 Å². The van der Waals surface area contributed by atoms with Crippen LogP contribution in [0.25, 0.3) is 0 Å². The third-order valence-electron chi connectivity index (χ3n) is 2.81. The van der Waals surface area contributed by atoms with Crippen molar-refractivity contribution in [3.8, 4) is 5.75 Å². The van der Waals surface area contributed by atoms with Crippen molar-refractivity contribution in [2.75, 3.05) is 6.61 Å². The molecule has 0 aromatic heterocycles. The summed E-state index contributed by atoms with van der Waals surface area (Å²) in [5.74, 6) is -1.58. The van der Waals surface area contributed by atoms with Crippen molar-refractivity contribution >= 4 is 5.97 Å². The summed E-state index contributed by atoms with van der Waals surface area (Å²) in [5, 5.41) is 12.3. The molecule has 0 amide bonds. The van der Waals surface area contributed by atoms with Gasteiger partial charge in [-0.25, -0.2) is 9.18 Å². The van der Waals surface area contributed by atoms with E-state index in [-0.39, 0.29) is 12.6 Å². The third kappa shape index (κ3) is 2.98. The summed E-state index contributed by atoms with van der Waals surface area (Å²) in [7, 11) is 0. The van der Waals surface area contributed by atoms with E-state index in [0.717, 1.165) is 18.9 Å². The number of ether oxygens (including phenoxy) is 1. The summed E-state index contributed by atoms with van der Waals surface area (Å²) in [6.07, 6.45) is 2.02. The number of nitrogens with one attached hydrogen (secondary N) is 1. The third-order valence-corrected chi connectivity index (χ3v) is 2.81. The van der Waals surface area contributed by atoms with Crippen molar-refractivity contribution in [1.82, 2.24) is 5.32 Å². The molecule has 1 aromatic carbocycles. The van der Waals surface area contributed by atoms with E-state index in [2.05, 4.69) is 5.32 Å². The van der Waals surface area contributed by atoms with Crippen molar-refractivity contribution in [3.63, 3.8) is 0 Å². The first kappa shape index (κ1) is 12.8. The number of esters is 1. The number of rotatable bonds is 5. The lowest BCUT2D eigenvalue weighted by atomic mass is 10.1. The number of phenolic OH excluding ortho intramolecular Hbond substituents is 1. The van der Waals surface area contributed by atoms with Gasteiger partial charge < -0.3 is 9.84 Å². The first-order valence-electron chi connectivity index (χ1n) is 6.03. The number of halogens is 1. The molecule has 5 heteroatoms. The summed E-state index contributed by atoms with van der Waals surface area (Å²) in [5.41, 5.74) is 0.468. The monoisotopic (exact) mass is 253 g/mol. The van der Waals surface area contributed by atoms with E-state index in [9.17, 15) is 9.18 Å². The number of phenols is 1. The van der Waals surface area contributed by atoms with Crippen molar-refractivity contribution in [1.29, 1.82) is 0 Å². The van der Waals surface area contributed by atoms with E-state index < -0.39 is 23.6 Å². The SMILES string of the molecule is CCOC(=O)C(NC1CC1)c1ccc(O)c(F)c1. The Kier molecular flexibility index (Phi) is 3.81. The molecule has 0 spiro atoms. The molecule has 18 heavy (non-hydrogen) atoms. The first-order valence-corrected chi connectivity index (χ1v) is 6.03. The minimum absolute atomic E-state index is 0.280. The highest BCUT2D eigenvalue weighted by Crippen LogP contribution is 2.27. The molecule has 0 aliphatic heterocycles. The average molecular weight is 253 g/mol. The second kappa shape index (κ2) is 5.35. The predicted octanol–water partition coefficient (Wildman–Crippen LogP) is 1.89. The van der Waals surface area contributed by atoms with E-state index in [1.165, 1.54) is 12.1 Å². The molecule has 1 fully saturated rings. The molecule has 1 unspecified atom stereocenters. The van der Waals surface area contributed by atoms with E-state index >= 15 is 0 Å². The van der Waals surface area contributed by atoms with Crippen LogP contribution in [-0.2, 0) is 9.53 Å². The molecule has 2 rings (SSSR count). The van der Waals surface area contributed by atoms with Gasteiger partial charge in [-0.05, 0) is 37.5 Å². The molecule has 4 nitrogen and oxygen atoms in total. The van der Waals surface area contributed by atoms with Crippen LogP contribution in [0.15, 0.2) is 18.2 Å². The molecule has 1 aliphatic rings. The Hall–Kier alpha value is -1.62. The van der Waals surface area contributed by atoms with Crippen molar-refractivity contribution in [3.05, 3.63) is 29.6 Å². The zero-order valence-corrected chi connectivity index (χ0v) is 10.1. The molecule has 1 saturated carbocycles. The van der Waals surface area contributed by atoms with Crippen LogP contribution < -0.4 is 5.32 Å². The molecular formula is C13H16FNO3. The fraction of sp³-hybridized carbons (Fsp3) is 0.462. The minimum atomic E-state index is -0.737. The number of carbonyl (C=O) groups excluding carboxylic acids is 1. The first-order chi connectivity index (χ1) is 8.61. The zero-order valence-electron chi connectivity index (χ0n) is 10.1. The molecule has 1 aliphatic carbocycles. The summed E-state index contributed by atoms with van der Waals surface area (Å²) in [4.78, 5) is 11.8. The van der Waals surface area contributed by atoms with Crippen molar-refractivity contribution < 1.29 is 19.0 Å². The molecule has 0 radical (unpaired) electrons. The summed E-state index contributed by atoms with van der Waals surface area (Å²) >= 11 is 0. The molecule has 2 N–H and O–H groups in total. The van der Waals surface area contributed by atoms with E-state index in [1.54, 1.807) is 6.92 Å². The predicted molar refractivity (Wildman–Crippen MR) is 63.6 cm³/mol. The topological polar surface area (TPSA) is 58.6 Å². The van der Waals surface area contributed by atoms with Gasteiger partial charge >= 0.3 is 5.97 Å². The van der Waals surface area contributed by atoms with Crippen LogP contribution in [0.2, 0.25) is 0 Å². The maximum absolute atomic E-state index is 13.3. The minimum Gasteiger partial charge on any atom is -0.505 e. The lowest BCUT2D eigenvalue weighted by molar-refractivity contribution is -0.145. The zero-order chi connectivity index (χ0) is 13.1. The molecule has 0 heterocycles. The Bertz CT molecular complexity index is 446. The lowest BCUT2D eigenvalue weighted by Gasteiger charge is -2.17. The van der Waals surface area contributed by atoms with Crippen molar-refractivity contribution in [2.45, 2.75) is 31.8 Å². The molecule has 1 atom stereocenters. The Balaban J connectivity index is 2.20. The van der Waals surface area contributed by atoms with Gasteiger partial charge in [-0.15, -0.1) is 0 Å². The number of hydrogen-bond acceptors (Lipinski definition) is 4. The number of aromatic hydroxyl groups is 1. The van der Waals surface area contributed by atoms with Crippen LogP contribution in [0.3, 0.4) is 0 Å². The maximum Gasteiger partial charge on any atom is 0.327 e. The second-order valence-electron chi connectivity index (χ2n) is 4.34. The smallest absolute Gasteiger partial charge is 0.327 e. The maximum atomic E-state index is 13.3. The Morgan fingerprint density at radius 1 is 1.61 bits per heavy atom. The van der Waals surface area contributed by atoms with Crippen LogP contribution in [-0.4, -0.2) is 23.7 Å². The van der Waals surface area contributed by atoms with Crippen LogP contribution in [0.1, 0.15) is 31.4 Å². The van der Waals surface area contributed by atoms with Crippen molar-refractivity contribution in [2.24, 2.45) is 0 Å². The van der Waals surface area contributed by atoms with Crippen LogP contribution in [0, 0.1) is 5.82 Å². The second-order valence-corrected chi connectivity index (χ2v) is 4.34. The number of benzene rings is 1. The Morgan fingerprint density at radius 2 is 2.33 bits per heavy atom. The highest BCUT2D eigenvalue weighted by molar-refractivity contribution is 5.77. The van der Waals surface area contributed by atoms with E-state index in [1.807, 2.05) is 0 Å². The molecule has 0 bridgehead atoms. The fourth-order valence-electron chi connectivity index (χ4n) is 1.71.